The summed E-state index contributed by atoms with van der Waals surface area (Å²) in [6.07, 6.45) is -14.9. The number of hydrogen-bond acceptors (Lipinski definition) is 2. The highest BCUT2D eigenvalue weighted by atomic mass is 19.4. The molecule has 0 aromatic heterocycles. The normalized spacial score (nSPS) is 14.2. The van der Waals surface area contributed by atoms with Gasteiger partial charge in [-0.05, 0) is 6.92 Å². The van der Waals surface area contributed by atoms with Gasteiger partial charge in [-0.25, -0.2) is 22.0 Å². The van der Waals surface area contributed by atoms with Crippen LogP contribution in [0.4, 0.5) is 54.0 Å². The Hall–Kier alpha value is -1.92. The summed E-state index contributed by atoms with van der Waals surface area (Å²) in [7, 11) is 0. The second-order valence-corrected chi connectivity index (χ2v) is 4.80. The van der Waals surface area contributed by atoms with Crippen LogP contribution in [0.1, 0.15) is 13.3 Å². The Bertz CT molecular complexity index is 661. The number of hydrogen-bond donors (Lipinski definition) is 1. The summed E-state index contributed by atoms with van der Waals surface area (Å²) < 4.78 is 140. The Morgan fingerprint density at radius 2 is 1.08 bits per heavy atom. The first kappa shape index (κ1) is 21.1. The first-order chi connectivity index (χ1) is 11.0. The standard InChI is InChI=1S/C12H6F11NO/c1-3(2-10(25,11(18,19)20)12(21,22)23)24-9-7(16)5(14)4(13)6(15)8(9)17/h25H,2H2,1H3/b24-3+. The zero-order valence-electron chi connectivity index (χ0n) is 11.8. The molecule has 0 saturated heterocycles. The van der Waals surface area contributed by atoms with Crippen molar-refractivity contribution in [2.45, 2.75) is 31.3 Å². The first-order valence-corrected chi connectivity index (χ1v) is 5.96. The van der Waals surface area contributed by atoms with E-state index in [-0.39, 0.29) is 0 Å². The van der Waals surface area contributed by atoms with Gasteiger partial charge in [0.25, 0.3) is 5.60 Å². The summed E-state index contributed by atoms with van der Waals surface area (Å²) in [4.78, 5) is 2.59. The number of rotatable bonds is 3. The van der Waals surface area contributed by atoms with Gasteiger partial charge in [-0.3, -0.25) is 4.99 Å². The SMILES string of the molecule is C/C(CC(O)(C(F)(F)F)C(F)(F)F)=N\c1c(F)c(F)c(F)c(F)c1F. The highest BCUT2D eigenvalue weighted by molar-refractivity contribution is 5.85. The molecule has 0 bridgehead atoms. The third-order valence-electron chi connectivity index (χ3n) is 2.94. The summed E-state index contributed by atoms with van der Waals surface area (Å²) in [5, 5.41) is 8.90. The van der Waals surface area contributed by atoms with Crippen molar-refractivity contribution in [3.05, 3.63) is 29.1 Å². The van der Waals surface area contributed by atoms with Gasteiger partial charge in [-0.1, -0.05) is 0 Å². The topological polar surface area (TPSA) is 32.6 Å². The lowest BCUT2D eigenvalue weighted by atomic mass is 9.95. The van der Waals surface area contributed by atoms with Crippen LogP contribution in [-0.4, -0.2) is 28.8 Å². The first-order valence-electron chi connectivity index (χ1n) is 5.96. The minimum atomic E-state index is -6.25. The van der Waals surface area contributed by atoms with Crippen LogP contribution in [0.15, 0.2) is 4.99 Å². The second kappa shape index (κ2) is 6.42. The highest BCUT2D eigenvalue weighted by Crippen LogP contribution is 2.45. The van der Waals surface area contributed by atoms with Crippen LogP contribution >= 0.6 is 0 Å². The summed E-state index contributed by atoms with van der Waals surface area (Å²) in [6.45, 7) is 0.375. The number of alkyl halides is 6. The van der Waals surface area contributed by atoms with E-state index in [9.17, 15) is 48.3 Å². The minimum Gasteiger partial charge on any atom is -0.373 e. The maximum absolute atomic E-state index is 13.3. The lowest BCUT2D eigenvalue weighted by Crippen LogP contribution is -2.57. The molecule has 0 radical (unpaired) electrons. The largest absolute Gasteiger partial charge is 0.426 e. The molecule has 0 unspecified atom stereocenters. The molecular formula is C12H6F11NO. The van der Waals surface area contributed by atoms with Gasteiger partial charge in [0, 0.05) is 12.1 Å². The lowest BCUT2D eigenvalue weighted by molar-refractivity contribution is -0.365. The molecule has 0 aliphatic rings. The molecular weight excluding hydrogens is 383 g/mol. The molecule has 0 atom stereocenters. The molecule has 25 heavy (non-hydrogen) atoms. The van der Waals surface area contributed by atoms with E-state index in [1.54, 1.807) is 0 Å². The molecule has 1 aromatic rings. The molecule has 0 heterocycles. The van der Waals surface area contributed by atoms with Crippen molar-refractivity contribution >= 4 is 11.4 Å². The van der Waals surface area contributed by atoms with Gasteiger partial charge in [0.15, 0.2) is 23.3 Å². The van der Waals surface area contributed by atoms with Gasteiger partial charge in [0.2, 0.25) is 5.82 Å². The second-order valence-electron chi connectivity index (χ2n) is 4.80. The van der Waals surface area contributed by atoms with Crippen molar-refractivity contribution in [3.63, 3.8) is 0 Å². The van der Waals surface area contributed by atoms with Gasteiger partial charge in [-0.2, -0.15) is 26.3 Å². The molecule has 2 nitrogen and oxygen atoms in total. The van der Waals surface area contributed by atoms with Gasteiger partial charge in [-0.15, -0.1) is 0 Å². The number of halogens is 11. The summed E-state index contributed by atoms with van der Waals surface area (Å²) in [6, 6.07) is 0. The summed E-state index contributed by atoms with van der Waals surface area (Å²) in [5.41, 5.74) is -8.71. The smallest absolute Gasteiger partial charge is 0.373 e. The minimum absolute atomic E-state index is 0.375. The average molecular weight is 389 g/mol. The van der Waals surface area contributed by atoms with E-state index in [2.05, 4.69) is 4.99 Å². The van der Waals surface area contributed by atoms with Crippen molar-refractivity contribution in [3.8, 4) is 0 Å². The third kappa shape index (κ3) is 3.70. The van der Waals surface area contributed by atoms with Crippen LogP contribution < -0.4 is 0 Å². The van der Waals surface area contributed by atoms with Gasteiger partial charge >= 0.3 is 12.4 Å². The van der Waals surface area contributed by atoms with E-state index >= 15 is 0 Å². The Morgan fingerprint density at radius 1 is 0.760 bits per heavy atom. The fourth-order valence-electron chi connectivity index (χ4n) is 1.65. The Labute approximate surface area is 131 Å². The summed E-state index contributed by atoms with van der Waals surface area (Å²) in [5.74, 6) is -12.7. The Balaban J connectivity index is 3.45. The molecule has 1 aromatic carbocycles. The van der Waals surface area contributed by atoms with E-state index in [1.807, 2.05) is 0 Å². The molecule has 0 saturated carbocycles. The predicted octanol–water partition coefficient (Wildman–Crippen LogP) is 4.72. The van der Waals surface area contributed by atoms with Gasteiger partial charge in [0.05, 0.1) is 0 Å². The summed E-state index contributed by atoms with van der Waals surface area (Å²) >= 11 is 0. The van der Waals surface area contributed by atoms with E-state index in [4.69, 9.17) is 5.11 Å². The van der Waals surface area contributed by atoms with E-state index < -0.39 is 64.9 Å². The molecule has 0 amide bonds. The zero-order chi connectivity index (χ0) is 20.0. The fourth-order valence-corrected chi connectivity index (χ4v) is 1.65. The molecule has 0 aliphatic heterocycles. The quantitative estimate of drug-likeness (QED) is 0.345. The van der Waals surface area contributed by atoms with Crippen molar-refractivity contribution in [2.75, 3.05) is 0 Å². The monoisotopic (exact) mass is 389 g/mol. The van der Waals surface area contributed by atoms with Crippen LogP contribution in [0.3, 0.4) is 0 Å². The highest BCUT2D eigenvalue weighted by Gasteiger charge is 2.70. The van der Waals surface area contributed by atoms with Crippen LogP contribution in [0.2, 0.25) is 0 Å². The van der Waals surface area contributed by atoms with Gasteiger partial charge in [0.1, 0.15) is 5.69 Å². The van der Waals surface area contributed by atoms with Crippen molar-refractivity contribution in [1.82, 2.24) is 0 Å². The Kier molecular flexibility index (Phi) is 5.43. The number of aliphatic hydroxyl groups is 1. The molecule has 0 aliphatic carbocycles. The predicted molar refractivity (Wildman–Crippen MR) is 60.7 cm³/mol. The maximum atomic E-state index is 13.3. The molecule has 0 fully saturated rings. The fraction of sp³-hybridized carbons (Fsp3) is 0.417. The van der Waals surface area contributed by atoms with E-state index in [0.29, 0.717) is 6.92 Å². The Morgan fingerprint density at radius 3 is 1.40 bits per heavy atom. The van der Waals surface area contributed by atoms with E-state index in [0.717, 1.165) is 0 Å². The van der Waals surface area contributed by atoms with Crippen LogP contribution in [0.25, 0.3) is 0 Å². The van der Waals surface area contributed by atoms with E-state index in [1.165, 1.54) is 0 Å². The molecule has 142 valence electrons. The number of benzene rings is 1. The van der Waals surface area contributed by atoms with Crippen LogP contribution in [-0.2, 0) is 0 Å². The van der Waals surface area contributed by atoms with Crippen molar-refractivity contribution < 1.29 is 53.4 Å². The lowest BCUT2D eigenvalue weighted by Gasteiger charge is -2.32. The van der Waals surface area contributed by atoms with Crippen LogP contribution in [0.5, 0.6) is 0 Å². The zero-order valence-corrected chi connectivity index (χ0v) is 11.8. The van der Waals surface area contributed by atoms with Crippen molar-refractivity contribution in [1.29, 1.82) is 0 Å². The number of nitrogens with zero attached hydrogens (tertiary/aromatic N) is 1. The van der Waals surface area contributed by atoms with Crippen molar-refractivity contribution in [2.24, 2.45) is 4.99 Å². The average Bonchev–Trinajstić information content (AvgIpc) is 2.45. The van der Waals surface area contributed by atoms with Crippen LogP contribution in [0, 0.1) is 29.1 Å². The molecule has 1 rings (SSSR count). The third-order valence-corrected chi connectivity index (χ3v) is 2.94. The van der Waals surface area contributed by atoms with Gasteiger partial charge < -0.3 is 5.11 Å². The molecule has 0 spiro atoms. The molecule has 13 heteroatoms. The molecule has 1 N–H and O–H groups in total. The maximum Gasteiger partial charge on any atom is 0.426 e. The number of aliphatic imine (C=N–C) groups is 1.